The molecule has 1 rings (SSSR count). The van der Waals surface area contributed by atoms with Gasteiger partial charge in [-0.15, -0.1) is 0 Å². The molecule has 0 heterocycles. The van der Waals surface area contributed by atoms with Gasteiger partial charge < -0.3 is 10.1 Å². The molecule has 1 fully saturated rings. The van der Waals surface area contributed by atoms with E-state index in [9.17, 15) is 0 Å². The lowest BCUT2D eigenvalue weighted by atomic mass is 10.0. The van der Waals surface area contributed by atoms with E-state index in [4.69, 9.17) is 4.74 Å². The summed E-state index contributed by atoms with van der Waals surface area (Å²) in [5, 5.41) is 3.51. The van der Waals surface area contributed by atoms with E-state index in [1.807, 2.05) is 0 Å². The highest BCUT2D eigenvalue weighted by Gasteiger charge is 2.11. The lowest BCUT2D eigenvalue weighted by Gasteiger charge is -2.15. The molecule has 0 radical (unpaired) electrons. The summed E-state index contributed by atoms with van der Waals surface area (Å²) >= 11 is 0. The minimum atomic E-state index is 0.365. The number of hydrogen-bond donors (Lipinski definition) is 1. The summed E-state index contributed by atoms with van der Waals surface area (Å²) < 4.78 is 5.49. The molecule has 2 nitrogen and oxygen atoms in total. The molecule has 1 aliphatic rings. The van der Waals surface area contributed by atoms with E-state index in [1.54, 1.807) is 0 Å². The Morgan fingerprint density at radius 1 is 1.13 bits per heavy atom. The first-order valence-corrected chi connectivity index (χ1v) is 6.61. The predicted molar refractivity (Wildman–Crippen MR) is 65.1 cm³/mol. The second-order valence-corrected chi connectivity index (χ2v) is 4.98. The van der Waals surface area contributed by atoms with Gasteiger partial charge in [-0.1, -0.05) is 25.7 Å². The summed E-state index contributed by atoms with van der Waals surface area (Å²) in [7, 11) is 0. The predicted octanol–water partition coefficient (Wildman–Crippen LogP) is 2.97. The SMILES string of the molecule is CC(C)OCCNCC1CCCCCC1. The van der Waals surface area contributed by atoms with Crippen LogP contribution in [0.5, 0.6) is 0 Å². The van der Waals surface area contributed by atoms with Crippen molar-refractivity contribution >= 4 is 0 Å². The van der Waals surface area contributed by atoms with Crippen LogP contribution in [0.15, 0.2) is 0 Å². The molecule has 1 saturated carbocycles. The Hall–Kier alpha value is -0.0800. The van der Waals surface area contributed by atoms with Gasteiger partial charge in [0, 0.05) is 6.54 Å². The van der Waals surface area contributed by atoms with Gasteiger partial charge in [0.2, 0.25) is 0 Å². The van der Waals surface area contributed by atoms with Crippen molar-refractivity contribution in [3.8, 4) is 0 Å². The van der Waals surface area contributed by atoms with Crippen molar-refractivity contribution in [3.05, 3.63) is 0 Å². The summed E-state index contributed by atoms with van der Waals surface area (Å²) in [6, 6.07) is 0. The highest BCUT2D eigenvalue weighted by Crippen LogP contribution is 2.21. The van der Waals surface area contributed by atoms with Crippen LogP contribution < -0.4 is 5.32 Å². The summed E-state index contributed by atoms with van der Waals surface area (Å²) in [4.78, 5) is 0. The van der Waals surface area contributed by atoms with Gasteiger partial charge in [0.1, 0.15) is 0 Å². The van der Waals surface area contributed by atoms with E-state index >= 15 is 0 Å². The first kappa shape index (κ1) is 13.0. The Bertz CT molecular complexity index is 139. The lowest BCUT2D eigenvalue weighted by Crippen LogP contribution is -2.27. The number of rotatable bonds is 6. The Kier molecular flexibility index (Phi) is 7.03. The maximum absolute atomic E-state index is 5.49. The minimum absolute atomic E-state index is 0.365. The van der Waals surface area contributed by atoms with Crippen LogP contribution in [0.25, 0.3) is 0 Å². The Morgan fingerprint density at radius 2 is 1.80 bits per heavy atom. The Labute approximate surface area is 94.8 Å². The highest BCUT2D eigenvalue weighted by molar-refractivity contribution is 4.66. The van der Waals surface area contributed by atoms with Crippen molar-refractivity contribution in [2.24, 2.45) is 5.92 Å². The number of nitrogens with one attached hydrogen (secondary N) is 1. The first-order chi connectivity index (χ1) is 7.29. The highest BCUT2D eigenvalue weighted by atomic mass is 16.5. The van der Waals surface area contributed by atoms with Crippen LogP contribution in [0.1, 0.15) is 52.4 Å². The van der Waals surface area contributed by atoms with Crippen LogP contribution in [0.4, 0.5) is 0 Å². The van der Waals surface area contributed by atoms with Crippen LogP contribution >= 0.6 is 0 Å². The van der Waals surface area contributed by atoms with E-state index in [0.29, 0.717) is 6.10 Å². The molecule has 15 heavy (non-hydrogen) atoms. The van der Waals surface area contributed by atoms with Crippen molar-refractivity contribution in [2.45, 2.75) is 58.5 Å². The summed E-state index contributed by atoms with van der Waals surface area (Å²) in [6.07, 6.45) is 9.00. The standard InChI is InChI=1S/C13H27NO/c1-12(2)15-10-9-14-11-13-7-5-3-4-6-8-13/h12-14H,3-11H2,1-2H3. The maximum Gasteiger partial charge on any atom is 0.0594 e. The fraction of sp³-hybridized carbons (Fsp3) is 1.00. The molecule has 1 N–H and O–H groups in total. The molecule has 0 aromatic heterocycles. The average molecular weight is 213 g/mol. The van der Waals surface area contributed by atoms with Crippen LogP contribution in [0, 0.1) is 5.92 Å². The van der Waals surface area contributed by atoms with Crippen molar-refractivity contribution in [2.75, 3.05) is 19.7 Å². The largest absolute Gasteiger partial charge is 0.377 e. The van der Waals surface area contributed by atoms with Gasteiger partial charge in [-0.25, -0.2) is 0 Å². The third kappa shape index (κ3) is 6.91. The Morgan fingerprint density at radius 3 is 2.40 bits per heavy atom. The Balaban J connectivity index is 1.94. The topological polar surface area (TPSA) is 21.3 Å². The van der Waals surface area contributed by atoms with Gasteiger partial charge in [0.15, 0.2) is 0 Å². The van der Waals surface area contributed by atoms with Crippen LogP contribution in [-0.4, -0.2) is 25.8 Å². The number of ether oxygens (including phenoxy) is 1. The fourth-order valence-corrected chi connectivity index (χ4v) is 2.24. The van der Waals surface area contributed by atoms with Gasteiger partial charge in [0.25, 0.3) is 0 Å². The van der Waals surface area contributed by atoms with Gasteiger partial charge in [-0.3, -0.25) is 0 Å². The second-order valence-electron chi connectivity index (χ2n) is 4.98. The number of hydrogen-bond acceptors (Lipinski definition) is 2. The van der Waals surface area contributed by atoms with Crippen molar-refractivity contribution < 1.29 is 4.74 Å². The van der Waals surface area contributed by atoms with Gasteiger partial charge in [0.05, 0.1) is 12.7 Å². The van der Waals surface area contributed by atoms with Crippen molar-refractivity contribution in [3.63, 3.8) is 0 Å². The van der Waals surface area contributed by atoms with E-state index in [2.05, 4.69) is 19.2 Å². The van der Waals surface area contributed by atoms with Gasteiger partial charge >= 0.3 is 0 Å². The summed E-state index contributed by atoms with van der Waals surface area (Å²) in [5.74, 6) is 0.923. The molecule has 0 aliphatic heterocycles. The second kappa shape index (κ2) is 8.12. The monoisotopic (exact) mass is 213 g/mol. The third-order valence-corrected chi connectivity index (χ3v) is 3.14. The molecular formula is C13H27NO. The average Bonchev–Trinajstić information content (AvgIpc) is 2.45. The molecule has 0 bridgehead atoms. The summed E-state index contributed by atoms with van der Waals surface area (Å²) in [5.41, 5.74) is 0. The molecule has 0 aromatic carbocycles. The van der Waals surface area contributed by atoms with E-state index < -0.39 is 0 Å². The molecule has 0 atom stereocenters. The zero-order chi connectivity index (χ0) is 10.9. The molecule has 2 heteroatoms. The van der Waals surface area contributed by atoms with Crippen molar-refractivity contribution in [1.29, 1.82) is 0 Å². The minimum Gasteiger partial charge on any atom is -0.377 e. The van der Waals surface area contributed by atoms with Crippen LogP contribution in [-0.2, 0) is 4.74 Å². The van der Waals surface area contributed by atoms with E-state index in [0.717, 1.165) is 19.1 Å². The molecule has 0 aromatic rings. The van der Waals surface area contributed by atoms with Gasteiger partial charge in [-0.05, 0) is 39.2 Å². The smallest absolute Gasteiger partial charge is 0.0594 e. The van der Waals surface area contributed by atoms with Crippen LogP contribution in [0.2, 0.25) is 0 Å². The summed E-state index contributed by atoms with van der Waals surface area (Å²) in [6.45, 7) is 7.23. The molecule has 0 amide bonds. The fourth-order valence-electron chi connectivity index (χ4n) is 2.24. The molecule has 1 aliphatic carbocycles. The quantitative estimate of drug-likeness (QED) is 0.541. The van der Waals surface area contributed by atoms with Crippen LogP contribution in [0.3, 0.4) is 0 Å². The molecule has 0 saturated heterocycles. The normalized spacial score (nSPS) is 19.4. The lowest BCUT2D eigenvalue weighted by molar-refractivity contribution is 0.0802. The maximum atomic E-state index is 5.49. The molecule has 0 unspecified atom stereocenters. The first-order valence-electron chi connectivity index (χ1n) is 6.61. The zero-order valence-electron chi connectivity index (χ0n) is 10.4. The van der Waals surface area contributed by atoms with E-state index in [-0.39, 0.29) is 0 Å². The van der Waals surface area contributed by atoms with E-state index in [1.165, 1.54) is 45.1 Å². The third-order valence-electron chi connectivity index (χ3n) is 3.14. The zero-order valence-corrected chi connectivity index (χ0v) is 10.4. The molecular weight excluding hydrogens is 186 g/mol. The van der Waals surface area contributed by atoms with Crippen molar-refractivity contribution in [1.82, 2.24) is 5.32 Å². The molecule has 90 valence electrons. The van der Waals surface area contributed by atoms with Gasteiger partial charge in [-0.2, -0.15) is 0 Å². The molecule has 0 spiro atoms.